The number of nitrogens with one attached hydrogen (secondary N) is 1. The Labute approximate surface area is 175 Å². The fraction of sp³-hybridized carbons (Fsp3) is 0.200. The van der Waals surface area contributed by atoms with Crippen LogP contribution in [-0.4, -0.2) is 18.4 Å². The molecular formula is C25H22N2O3. The summed E-state index contributed by atoms with van der Waals surface area (Å²) in [4.78, 5) is 27.4. The van der Waals surface area contributed by atoms with Gasteiger partial charge >= 0.3 is 0 Å². The van der Waals surface area contributed by atoms with E-state index in [0.29, 0.717) is 23.6 Å². The number of rotatable bonds is 3. The maximum Gasteiger partial charge on any atom is 0.236 e. The molecule has 2 heterocycles. The number of benzene rings is 3. The Morgan fingerprint density at radius 1 is 1.00 bits per heavy atom. The van der Waals surface area contributed by atoms with Gasteiger partial charge in [-0.1, -0.05) is 42.5 Å². The molecule has 3 aromatic carbocycles. The lowest BCUT2D eigenvalue weighted by molar-refractivity contribution is -0.117. The number of hydrogen-bond donors (Lipinski definition) is 1. The molecule has 0 aliphatic carbocycles. The number of ether oxygens (including phenoxy) is 1. The van der Waals surface area contributed by atoms with Gasteiger partial charge in [0.1, 0.15) is 11.5 Å². The highest BCUT2D eigenvalue weighted by molar-refractivity contribution is 6.01. The van der Waals surface area contributed by atoms with Gasteiger partial charge in [0.15, 0.2) is 0 Å². The second-order valence-electron chi connectivity index (χ2n) is 7.75. The summed E-state index contributed by atoms with van der Waals surface area (Å²) in [5.74, 6) is 0.936. The average Bonchev–Trinajstić information content (AvgIpc) is 3.18. The lowest BCUT2D eigenvalue weighted by Crippen LogP contribution is -2.26. The van der Waals surface area contributed by atoms with E-state index in [1.54, 1.807) is 0 Å². The van der Waals surface area contributed by atoms with Crippen molar-refractivity contribution >= 4 is 23.2 Å². The highest BCUT2D eigenvalue weighted by Crippen LogP contribution is 2.44. The first-order valence-electron chi connectivity index (χ1n) is 10.2. The van der Waals surface area contributed by atoms with Gasteiger partial charge in [-0.15, -0.1) is 0 Å². The molecule has 5 nitrogen and oxygen atoms in total. The summed E-state index contributed by atoms with van der Waals surface area (Å²) in [5.41, 5.74) is 4.25. The molecule has 0 unspecified atom stereocenters. The first kappa shape index (κ1) is 18.4. The molecule has 150 valence electrons. The fourth-order valence-corrected chi connectivity index (χ4v) is 4.29. The zero-order chi connectivity index (χ0) is 20.7. The average molecular weight is 398 g/mol. The maximum absolute atomic E-state index is 13.4. The molecule has 0 saturated carbocycles. The van der Waals surface area contributed by atoms with Crippen LogP contribution in [0.3, 0.4) is 0 Å². The molecule has 5 rings (SSSR count). The zero-order valence-corrected chi connectivity index (χ0v) is 16.7. The van der Waals surface area contributed by atoms with Crippen molar-refractivity contribution in [3.05, 3.63) is 83.4 Å². The predicted molar refractivity (Wildman–Crippen MR) is 116 cm³/mol. The van der Waals surface area contributed by atoms with Crippen molar-refractivity contribution in [3.63, 3.8) is 0 Å². The number of para-hydroxylation sites is 2. The van der Waals surface area contributed by atoms with Crippen LogP contribution < -0.4 is 15.0 Å². The van der Waals surface area contributed by atoms with Crippen LogP contribution in [0, 0.1) is 6.92 Å². The smallest absolute Gasteiger partial charge is 0.236 e. The Morgan fingerprint density at radius 2 is 1.67 bits per heavy atom. The van der Waals surface area contributed by atoms with Crippen LogP contribution in [0.5, 0.6) is 11.5 Å². The summed E-state index contributed by atoms with van der Waals surface area (Å²) in [5, 5.41) is 3.07. The van der Waals surface area contributed by atoms with E-state index in [4.69, 9.17) is 4.74 Å². The number of carbonyl (C=O) groups excluding carboxylic acids is 2. The third-order valence-corrected chi connectivity index (χ3v) is 5.78. The molecule has 1 saturated heterocycles. The van der Waals surface area contributed by atoms with E-state index >= 15 is 0 Å². The molecule has 2 amide bonds. The number of carbonyl (C=O) groups is 2. The number of aryl methyl sites for hydroxylation is 1. The van der Waals surface area contributed by atoms with Crippen LogP contribution >= 0.6 is 0 Å². The number of hydrogen-bond acceptors (Lipinski definition) is 3. The topological polar surface area (TPSA) is 58.6 Å². The monoisotopic (exact) mass is 398 g/mol. The van der Waals surface area contributed by atoms with Crippen LogP contribution in [0.25, 0.3) is 0 Å². The van der Waals surface area contributed by atoms with E-state index in [1.807, 2.05) is 78.6 Å². The molecule has 3 aromatic rings. The van der Waals surface area contributed by atoms with Crippen molar-refractivity contribution in [2.45, 2.75) is 25.7 Å². The van der Waals surface area contributed by atoms with Gasteiger partial charge in [-0.3, -0.25) is 9.59 Å². The standard InChI is InChI=1S/C25H22N2O3/c1-16-12-13-17(15-20(16)27-14-6-11-23(27)28)26-25(29)24-18-7-2-4-9-21(18)30-22-10-5-3-8-19(22)24/h2-5,7-10,12-13,15,24H,6,11,14H2,1H3,(H,26,29). The van der Waals surface area contributed by atoms with Gasteiger partial charge < -0.3 is 15.0 Å². The summed E-state index contributed by atoms with van der Waals surface area (Å²) in [6, 6.07) is 21.0. The van der Waals surface area contributed by atoms with E-state index in [-0.39, 0.29) is 11.8 Å². The minimum absolute atomic E-state index is 0.124. The molecule has 2 aliphatic heterocycles. The molecule has 0 spiro atoms. The number of amides is 2. The summed E-state index contributed by atoms with van der Waals surface area (Å²) < 4.78 is 6.00. The van der Waals surface area contributed by atoms with Crippen LogP contribution in [0.4, 0.5) is 11.4 Å². The molecule has 2 aliphatic rings. The summed E-state index contributed by atoms with van der Waals surface area (Å²) >= 11 is 0. The second-order valence-corrected chi connectivity index (χ2v) is 7.75. The van der Waals surface area contributed by atoms with Gasteiger partial charge in [0.2, 0.25) is 11.8 Å². The zero-order valence-electron chi connectivity index (χ0n) is 16.7. The van der Waals surface area contributed by atoms with Gasteiger partial charge in [0.25, 0.3) is 0 Å². The van der Waals surface area contributed by atoms with Crippen molar-refractivity contribution in [3.8, 4) is 11.5 Å². The third-order valence-electron chi connectivity index (χ3n) is 5.78. The number of nitrogens with zero attached hydrogens (tertiary/aromatic N) is 1. The van der Waals surface area contributed by atoms with Crippen molar-refractivity contribution in [2.75, 3.05) is 16.8 Å². The molecule has 0 aromatic heterocycles. The molecule has 1 fully saturated rings. The predicted octanol–water partition coefficient (Wildman–Crippen LogP) is 5.00. The number of anilines is 2. The van der Waals surface area contributed by atoms with Crippen LogP contribution in [0.2, 0.25) is 0 Å². The van der Waals surface area contributed by atoms with Crippen molar-refractivity contribution in [1.82, 2.24) is 0 Å². The molecular weight excluding hydrogens is 376 g/mol. The highest BCUT2D eigenvalue weighted by atomic mass is 16.5. The van der Waals surface area contributed by atoms with E-state index in [2.05, 4.69) is 5.32 Å². The Balaban J connectivity index is 1.49. The first-order valence-corrected chi connectivity index (χ1v) is 10.2. The summed E-state index contributed by atoms with van der Waals surface area (Å²) in [6.07, 6.45) is 1.44. The van der Waals surface area contributed by atoms with Crippen molar-refractivity contribution in [1.29, 1.82) is 0 Å². The van der Waals surface area contributed by atoms with Gasteiger partial charge in [-0.25, -0.2) is 0 Å². The molecule has 1 N–H and O–H groups in total. The van der Waals surface area contributed by atoms with Gasteiger partial charge in [0.05, 0.1) is 5.92 Å². The van der Waals surface area contributed by atoms with Crippen molar-refractivity contribution in [2.24, 2.45) is 0 Å². The van der Waals surface area contributed by atoms with Crippen LogP contribution in [0.15, 0.2) is 66.7 Å². The van der Waals surface area contributed by atoms with Gasteiger partial charge in [-0.05, 0) is 43.2 Å². The molecule has 0 radical (unpaired) electrons. The Morgan fingerprint density at radius 3 is 2.30 bits per heavy atom. The molecule has 0 bridgehead atoms. The normalized spacial score (nSPS) is 15.4. The van der Waals surface area contributed by atoms with Crippen LogP contribution in [0.1, 0.15) is 35.4 Å². The van der Waals surface area contributed by atoms with E-state index in [1.165, 1.54) is 0 Å². The number of fused-ring (bicyclic) bond motifs is 2. The second kappa shape index (κ2) is 7.34. The van der Waals surface area contributed by atoms with E-state index in [9.17, 15) is 9.59 Å². The Kier molecular flexibility index (Phi) is 4.51. The SMILES string of the molecule is Cc1ccc(NC(=O)C2c3ccccc3Oc3ccccc32)cc1N1CCCC1=O. The summed E-state index contributed by atoms with van der Waals surface area (Å²) in [6.45, 7) is 2.70. The first-order chi connectivity index (χ1) is 14.6. The van der Waals surface area contributed by atoms with E-state index in [0.717, 1.165) is 35.3 Å². The lowest BCUT2D eigenvalue weighted by Gasteiger charge is -2.27. The van der Waals surface area contributed by atoms with Gasteiger partial charge in [0, 0.05) is 35.5 Å². The van der Waals surface area contributed by atoms with Crippen molar-refractivity contribution < 1.29 is 14.3 Å². The lowest BCUT2D eigenvalue weighted by atomic mass is 9.87. The maximum atomic E-state index is 13.4. The Hall–Kier alpha value is -3.60. The Bertz CT molecular complexity index is 1110. The highest BCUT2D eigenvalue weighted by Gasteiger charge is 2.32. The third kappa shape index (κ3) is 3.12. The largest absolute Gasteiger partial charge is 0.457 e. The molecule has 30 heavy (non-hydrogen) atoms. The molecule has 5 heteroatoms. The van der Waals surface area contributed by atoms with Crippen LogP contribution in [-0.2, 0) is 9.59 Å². The minimum atomic E-state index is -0.468. The summed E-state index contributed by atoms with van der Waals surface area (Å²) in [7, 11) is 0. The molecule has 0 atom stereocenters. The van der Waals surface area contributed by atoms with E-state index < -0.39 is 5.92 Å². The minimum Gasteiger partial charge on any atom is -0.457 e. The van der Waals surface area contributed by atoms with Gasteiger partial charge in [-0.2, -0.15) is 0 Å². The quantitative estimate of drug-likeness (QED) is 0.676. The fourth-order valence-electron chi connectivity index (χ4n) is 4.29.